The van der Waals surface area contributed by atoms with Crippen LogP contribution in [0.25, 0.3) is 12.2 Å². The van der Waals surface area contributed by atoms with Crippen LogP contribution in [0.15, 0.2) is 78.9 Å². The Morgan fingerprint density at radius 1 is 0.743 bits per heavy atom. The van der Waals surface area contributed by atoms with E-state index in [1.807, 2.05) is 0 Å². The van der Waals surface area contributed by atoms with E-state index in [4.69, 9.17) is 14.2 Å². The van der Waals surface area contributed by atoms with Crippen LogP contribution >= 0.6 is 0 Å². The van der Waals surface area contributed by atoms with Gasteiger partial charge in [-0.2, -0.15) is 0 Å². The molecule has 0 aliphatic heterocycles. The maximum atomic E-state index is 12.3. The third-order valence-corrected chi connectivity index (χ3v) is 4.88. The molecule has 0 amide bonds. The highest BCUT2D eigenvalue weighted by Gasteiger charge is 2.12. The van der Waals surface area contributed by atoms with Crippen molar-refractivity contribution in [2.45, 2.75) is 6.42 Å². The molecule has 0 saturated heterocycles. The number of benzene rings is 3. The zero-order valence-corrected chi connectivity index (χ0v) is 19.3. The smallest absolute Gasteiger partial charge is 0.343 e. The summed E-state index contributed by atoms with van der Waals surface area (Å²) in [5, 5.41) is 9.62. The van der Waals surface area contributed by atoms with E-state index in [0.29, 0.717) is 22.4 Å². The second-order valence-electron chi connectivity index (χ2n) is 7.37. The fourth-order valence-electron chi connectivity index (χ4n) is 3.07. The standard InChI is InChI=1S/C28H24O7/c1-33-26-16-19(10-14-24(26)31)8-12-22(29)18-23(30)13-9-20-11-15-25(27(17-20)34-2)35-28(32)21-6-4-3-5-7-21/h3-17,31H,18H2,1-2H3/b12-8+,13-9+. The summed E-state index contributed by atoms with van der Waals surface area (Å²) in [5.41, 5.74) is 1.69. The average molecular weight is 472 g/mol. The van der Waals surface area contributed by atoms with Crippen LogP contribution in [0.3, 0.4) is 0 Å². The molecule has 35 heavy (non-hydrogen) atoms. The van der Waals surface area contributed by atoms with E-state index in [9.17, 15) is 19.5 Å². The van der Waals surface area contributed by atoms with Gasteiger partial charge in [-0.3, -0.25) is 9.59 Å². The van der Waals surface area contributed by atoms with Crippen molar-refractivity contribution >= 4 is 29.7 Å². The summed E-state index contributed by atoms with van der Waals surface area (Å²) >= 11 is 0. The van der Waals surface area contributed by atoms with Crippen molar-refractivity contribution in [1.82, 2.24) is 0 Å². The van der Waals surface area contributed by atoms with Crippen LogP contribution in [-0.4, -0.2) is 36.9 Å². The summed E-state index contributed by atoms with van der Waals surface area (Å²) in [6, 6.07) is 18.1. The van der Waals surface area contributed by atoms with Gasteiger partial charge in [0, 0.05) is 0 Å². The minimum absolute atomic E-state index is 0.00434. The summed E-state index contributed by atoms with van der Waals surface area (Å²) in [4.78, 5) is 36.6. The monoisotopic (exact) mass is 472 g/mol. The van der Waals surface area contributed by atoms with Crippen LogP contribution in [-0.2, 0) is 9.59 Å². The zero-order chi connectivity index (χ0) is 25.2. The Hall–Kier alpha value is -4.65. The summed E-state index contributed by atoms with van der Waals surface area (Å²) in [6.07, 6.45) is 5.40. The van der Waals surface area contributed by atoms with Crippen LogP contribution in [0.4, 0.5) is 0 Å². The van der Waals surface area contributed by atoms with Crippen LogP contribution in [0.1, 0.15) is 27.9 Å². The molecule has 3 rings (SSSR count). The van der Waals surface area contributed by atoms with Gasteiger partial charge in [0.2, 0.25) is 0 Å². The summed E-state index contributed by atoms with van der Waals surface area (Å²) in [5.74, 6) is -0.401. The number of hydrogen-bond donors (Lipinski definition) is 1. The Bertz CT molecular complexity index is 1270. The van der Waals surface area contributed by atoms with Gasteiger partial charge in [-0.25, -0.2) is 4.79 Å². The molecule has 0 saturated carbocycles. The predicted molar refractivity (Wildman–Crippen MR) is 132 cm³/mol. The number of hydrogen-bond acceptors (Lipinski definition) is 7. The summed E-state index contributed by atoms with van der Waals surface area (Å²) in [7, 11) is 2.88. The maximum absolute atomic E-state index is 12.3. The molecule has 0 unspecified atom stereocenters. The number of phenols is 1. The highest BCUT2D eigenvalue weighted by molar-refractivity contribution is 6.10. The second kappa shape index (κ2) is 12.0. The number of allylic oxidation sites excluding steroid dienone is 2. The van der Waals surface area contributed by atoms with Crippen molar-refractivity contribution < 1.29 is 33.7 Å². The second-order valence-corrected chi connectivity index (χ2v) is 7.37. The molecular weight excluding hydrogens is 448 g/mol. The first-order valence-electron chi connectivity index (χ1n) is 10.6. The highest BCUT2D eigenvalue weighted by atomic mass is 16.6. The predicted octanol–water partition coefficient (Wildman–Crippen LogP) is 4.88. The van der Waals surface area contributed by atoms with Gasteiger partial charge in [0.25, 0.3) is 0 Å². The first-order valence-corrected chi connectivity index (χ1v) is 10.6. The zero-order valence-electron chi connectivity index (χ0n) is 19.3. The molecule has 0 heterocycles. The Kier molecular flexibility index (Phi) is 8.56. The van der Waals surface area contributed by atoms with E-state index < -0.39 is 5.97 Å². The highest BCUT2D eigenvalue weighted by Crippen LogP contribution is 2.29. The van der Waals surface area contributed by atoms with E-state index in [2.05, 4.69) is 0 Å². The number of carbonyl (C=O) groups excluding carboxylic acids is 3. The minimum atomic E-state index is -0.514. The number of phenolic OH excluding ortho intramolecular Hbond substituents is 1. The quantitative estimate of drug-likeness (QED) is 0.194. The van der Waals surface area contributed by atoms with Gasteiger partial charge in [0.05, 0.1) is 26.2 Å². The molecule has 0 aliphatic rings. The molecule has 3 aromatic rings. The molecule has 1 N–H and O–H groups in total. The molecule has 0 radical (unpaired) electrons. The molecule has 7 nitrogen and oxygen atoms in total. The molecule has 3 aromatic carbocycles. The molecule has 178 valence electrons. The van der Waals surface area contributed by atoms with Crippen molar-refractivity contribution in [3.05, 3.63) is 95.6 Å². The number of methoxy groups -OCH3 is 2. The third kappa shape index (κ3) is 7.17. The van der Waals surface area contributed by atoms with Crippen molar-refractivity contribution in [3.8, 4) is 23.0 Å². The van der Waals surface area contributed by atoms with Gasteiger partial charge in [-0.05, 0) is 59.7 Å². The van der Waals surface area contributed by atoms with Crippen LogP contribution in [0, 0.1) is 0 Å². The average Bonchev–Trinajstić information content (AvgIpc) is 2.88. The van der Waals surface area contributed by atoms with Crippen LogP contribution in [0.2, 0.25) is 0 Å². The SMILES string of the molecule is COc1cc(/C=C/C(=O)CC(=O)/C=C/c2ccc(OC(=O)c3ccccc3)c(OC)c2)ccc1O. The van der Waals surface area contributed by atoms with Crippen molar-refractivity contribution in [3.63, 3.8) is 0 Å². The van der Waals surface area contributed by atoms with E-state index in [1.54, 1.807) is 72.8 Å². The Morgan fingerprint density at radius 2 is 1.31 bits per heavy atom. The van der Waals surface area contributed by atoms with E-state index in [-0.39, 0.29) is 35.2 Å². The minimum Gasteiger partial charge on any atom is -0.504 e. The fourth-order valence-corrected chi connectivity index (χ4v) is 3.07. The number of carbonyl (C=O) groups is 3. The largest absolute Gasteiger partial charge is 0.504 e. The lowest BCUT2D eigenvalue weighted by Gasteiger charge is -2.10. The lowest BCUT2D eigenvalue weighted by atomic mass is 10.1. The van der Waals surface area contributed by atoms with Crippen LogP contribution in [0.5, 0.6) is 23.0 Å². The first kappa shape index (κ1) is 25.0. The first-order chi connectivity index (χ1) is 16.9. The molecule has 0 aromatic heterocycles. The normalized spacial score (nSPS) is 10.9. The Labute approximate surface area is 202 Å². The molecular formula is C28H24O7. The summed E-state index contributed by atoms with van der Waals surface area (Å²) < 4.78 is 15.7. The van der Waals surface area contributed by atoms with Gasteiger partial charge in [0.1, 0.15) is 0 Å². The van der Waals surface area contributed by atoms with Gasteiger partial charge < -0.3 is 19.3 Å². The fraction of sp³-hybridized carbons (Fsp3) is 0.107. The number of esters is 1. The number of ketones is 2. The van der Waals surface area contributed by atoms with Crippen molar-refractivity contribution in [1.29, 1.82) is 0 Å². The molecule has 7 heteroatoms. The van der Waals surface area contributed by atoms with Gasteiger partial charge >= 0.3 is 5.97 Å². The van der Waals surface area contributed by atoms with Crippen LogP contribution < -0.4 is 14.2 Å². The van der Waals surface area contributed by atoms with E-state index in [1.165, 1.54) is 32.4 Å². The number of aromatic hydroxyl groups is 1. The lowest BCUT2D eigenvalue weighted by Crippen LogP contribution is -2.09. The number of ether oxygens (including phenoxy) is 3. The summed E-state index contributed by atoms with van der Waals surface area (Å²) in [6.45, 7) is 0. The van der Waals surface area contributed by atoms with E-state index in [0.717, 1.165) is 0 Å². The lowest BCUT2D eigenvalue weighted by molar-refractivity contribution is -0.121. The number of rotatable bonds is 10. The molecule has 0 aliphatic carbocycles. The van der Waals surface area contributed by atoms with Crippen molar-refractivity contribution in [2.75, 3.05) is 14.2 Å². The molecule has 0 fully saturated rings. The van der Waals surface area contributed by atoms with Gasteiger partial charge in [0.15, 0.2) is 34.6 Å². The van der Waals surface area contributed by atoms with Crippen molar-refractivity contribution in [2.24, 2.45) is 0 Å². The van der Waals surface area contributed by atoms with E-state index >= 15 is 0 Å². The topological polar surface area (TPSA) is 99.1 Å². The molecule has 0 spiro atoms. The molecule has 0 bridgehead atoms. The third-order valence-electron chi connectivity index (χ3n) is 4.88. The van der Waals surface area contributed by atoms with Gasteiger partial charge in [-0.15, -0.1) is 0 Å². The molecule has 0 atom stereocenters. The Morgan fingerprint density at radius 3 is 1.91 bits per heavy atom. The van der Waals surface area contributed by atoms with Gasteiger partial charge in [-0.1, -0.05) is 42.5 Å². The maximum Gasteiger partial charge on any atom is 0.343 e. The Balaban J connectivity index is 1.60.